The lowest BCUT2D eigenvalue weighted by atomic mass is 9.96. The maximum Gasteiger partial charge on any atom is 0.305 e. The highest BCUT2D eigenvalue weighted by atomic mass is 16.5. The minimum absolute atomic E-state index is 0.171. The Labute approximate surface area is 195 Å². The van der Waals surface area contributed by atoms with Crippen LogP contribution < -0.4 is 0 Å². The summed E-state index contributed by atoms with van der Waals surface area (Å²) in [5.41, 5.74) is -0.402. The lowest BCUT2D eigenvalue weighted by Gasteiger charge is -2.23. The second kappa shape index (κ2) is 20.0. The van der Waals surface area contributed by atoms with Crippen LogP contribution in [0.25, 0.3) is 0 Å². The molecule has 0 spiro atoms. The molecule has 0 bridgehead atoms. The second-order valence-electron chi connectivity index (χ2n) is 9.73. The zero-order valence-corrected chi connectivity index (χ0v) is 20.9. The third kappa shape index (κ3) is 21.6. The van der Waals surface area contributed by atoms with Crippen LogP contribution in [-0.2, 0) is 23.9 Å². The molecule has 0 aromatic carbocycles. The minimum atomic E-state index is -0.759. The van der Waals surface area contributed by atoms with Gasteiger partial charge < -0.3 is 14.6 Å². The summed E-state index contributed by atoms with van der Waals surface area (Å²) in [6, 6.07) is 0. The van der Waals surface area contributed by atoms with Gasteiger partial charge in [0, 0.05) is 24.7 Å². The van der Waals surface area contributed by atoms with Crippen LogP contribution in [0.5, 0.6) is 0 Å². The Hall–Kier alpha value is -1.59. The molecule has 0 aliphatic carbocycles. The maximum absolute atomic E-state index is 12.0. The Morgan fingerprint density at radius 2 is 0.938 bits per heavy atom. The van der Waals surface area contributed by atoms with E-state index in [1.54, 1.807) is 0 Å². The topological polar surface area (TPSA) is 89.9 Å². The number of hydrogen-bond acceptors (Lipinski definition) is 5. The number of carboxylic acids is 1. The fourth-order valence-corrected chi connectivity index (χ4v) is 3.39. The first kappa shape index (κ1) is 30.4. The molecular formula is C26H48O6. The lowest BCUT2D eigenvalue weighted by molar-refractivity contribution is -0.152. The van der Waals surface area contributed by atoms with Crippen molar-refractivity contribution in [3.8, 4) is 0 Å². The molecule has 0 aliphatic rings. The van der Waals surface area contributed by atoms with E-state index >= 15 is 0 Å². The predicted molar refractivity (Wildman–Crippen MR) is 127 cm³/mol. The molecule has 188 valence electrons. The van der Waals surface area contributed by atoms with E-state index in [1.165, 1.54) is 44.9 Å². The summed E-state index contributed by atoms with van der Waals surface area (Å²) < 4.78 is 10.7. The molecule has 0 unspecified atom stereocenters. The third-order valence-corrected chi connectivity index (χ3v) is 5.50. The monoisotopic (exact) mass is 456 g/mol. The van der Waals surface area contributed by atoms with Gasteiger partial charge in [-0.25, -0.2) is 0 Å². The molecule has 6 heteroatoms. The first-order valence-corrected chi connectivity index (χ1v) is 12.8. The van der Waals surface area contributed by atoms with Gasteiger partial charge in [-0.1, -0.05) is 91.4 Å². The van der Waals surface area contributed by atoms with Gasteiger partial charge in [-0.3, -0.25) is 14.4 Å². The second-order valence-corrected chi connectivity index (χ2v) is 9.73. The number of unbranched alkanes of at least 4 members (excludes halogenated alkanes) is 12. The third-order valence-electron chi connectivity index (χ3n) is 5.50. The Kier molecular flexibility index (Phi) is 19.1. The molecule has 0 aromatic rings. The van der Waals surface area contributed by atoms with Crippen LogP contribution >= 0.6 is 0 Å². The van der Waals surface area contributed by atoms with Gasteiger partial charge in [0.05, 0.1) is 13.2 Å². The summed E-state index contributed by atoms with van der Waals surface area (Å²) in [6.07, 6.45) is 16.1. The van der Waals surface area contributed by atoms with Crippen LogP contribution in [0.1, 0.15) is 130 Å². The summed E-state index contributed by atoms with van der Waals surface area (Å²) in [4.78, 5) is 34.3. The number of ether oxygens (including phenoxy) is 2. The average Bonchev–Trinajstić information content (AvgIpc) is 2.74. The largest absolute Gasteiger partial charge is 0.481 e. The first-order chi connectivity index (χ1) is 15.3. The Balaban J connectivity index is 3.66. The van der Waals surface area contributed by atoms with E-state index in [-0.39, 0.29) is 31.6 Å². The molecule has 0 radical (unpaired) electrons. The number of carbonyl (C=O) groups excluding carboxylic acids is 2. The van der Waals surface area contributed by atoms with Crippen LogP contribution in [0.15, 0.2) is 0 Å². The Morgan fingerprint density at radius 3 is 1.31 bits per heavy atom. The van der Waals surface area contributed by atoms with E-state index in [0.29, 0.717) is 19.3 Å². The van der Waals surface area contributed by atoms with Gasteiger partial charge in [-0.05, 0) is 19.3 Å². The number of rotatable bonds is 22. The van der Waals surface area contributed by atoms with Crippen molar-refractivity contribution in [2.45, 2.75) is 130 Å². The molecule has 0 saturated carbocycles. The van der Waals surface area contributed by atoms with E-state index < -0.39 is 11.4 Å². The van der Waals surface area contributed by atoms with Gasteiger partial charge in [0.1, 0.15) is 0 Å². The Bertz CT molecular complexity index is 501. The highest BCUT2D eigenvalue weighted by Crippen LogP contribution is 2.18. The van der Waals surface area contributed by atoms with Crippen molar-refractivity contribution in [3.63, 3.8) is 0 Å². The van der Waals surface area contributed by atoms with Crippen molar-refractivity contribution in [1.29, 1.82) is 0 Å². The maximum atomic E-state index is 12.0. The van der Waals surface area contributed by atoms with E-state index in [2.05, 4.69) is 6.92 Å². The summed E-state index contributed by atoms with van der Waals surface area (Å²) in [6.45, 7) is 6.56. The van der Waals surface area contributed by atoms with Crippen molar-refractivity contribution >= 4 is 17.9 Å². The molecule has 0 fully saturated rings. The van der Waals surface area contributed by atoms with Crippen LogP contribution in [0.3, 0.4) is 0 Å². The molecule has 0 saturated heterocycles. The van der Waals surface area contributed by atoms with Crippen LogP contribution in [0.4, 0.5) is 0 Å². The standard InChI is InChI=1S/C26H48O6/c1-4-5-6-7-8-9-10-13-16-19-24(29)31-21-26(2,3)22-32-25(30)20-17-14-11-12-15-18-23(27)28/h4-22H2,1-3H3,(H,27,28). The molecular weight excluding hydrogens is 408 g/mol. The number of hydrogen-bond donors (Lipinski definition) is 1. The minimum Gasteiger partial charge on any atom is -0.481 e. The molecule has 32 heavy (non-hydrogen) atoms. The highest BCUT2D eigenvalue weighted by molar-refractivity contribution is 5.69. The van der Waals surface area contributed by atoms with Gasteiger partial charge in [0.25, 0.3) is 0 Å². The zero-order valence-electron chi connectivity index (χ0n) is 20.9. The van der Waals surface area contributed by atoms with Gasteiger partial charge >= 0.3 is 17.9 Å². The van der Waals surface area contributed by atoms with E-state index in [0.717, 1.165) is 38.5 Å². The van der Waals surface area contributed by atoms with Crippen molar-refractivity contribution in [2.24, 2.45) is 5.41 Å². The molecule has 0 amide bonds. The lowest BCUT2D eigenvalue weighted by Crippen LogP contribution is -2.28. The fourth-order valence-electron chi connectivity index (χ4n) is 3.39. The number of aliphatic carboxylic acids is 1. The zero-order chi connectivity index (χ0) is 24.1. The number of esters is 2. The van der Waals surface area contributed by atoms with E-state index in [9.17, 15) is 14.4 Å². The summed E-state index contributed by atoms with van der Waals surface area (Å²) in [5, 5.41) is 8.59. The molecule has 0 aromatic heterocycles. The normalized spacial score (nSPS) is 11.3. The predicted octanol–water partition coefficient (Wildman–Crippen LogP) is 6.84. The van der Waals surface area contributed by atoms with Crippen LogP contribution in [0.2, 0.25) is 0 Å². The average molecular weight is 457 g/mol. The molecule has 0 rings (SSSR count). The van der Waals surface area contributed by atoms with Crippen LogP contribution in [-0.4, -0.2) is 36.2 Å². The summed E-state index contributed by atoms with van der Waals surface area (Å²) >= 11 is 0. The number of carbonyl (C=O) groups is 3. The van der Waals surface area contributed by atoms with Crippen molar-refractivity contribution in [2.75, 3.05) is 13.2 Å². The van der Waals surface area contributed by atoms with Gasteiger partial charge in [-0.2, -0.15) is 0 Å². The summed E-state index contributed by atoms with van der Waals surface area (Å²) in [5.74, 6) is -1.16. The molecule has 0 aliphatic heterocycles. The SMILES string of the molecule is CCCCCCCCCCCC(=O)OCC(C)(C)COC(=O)CCCCCCCC(=O)O. The van der Waals surface area contributed by atoms with E-state index in [4.69, 9.17) is 14.6 Å². The fraction of sp³-hybridized carbons (Fsp3) is 0.885. The first-order valence-electron chi connectivity index (χ1n) is 12.8. The molecule has 0 atom stereocenters. The van der Waals surface area contributed by atoms with Gasteiger partial charge in [0.15, 0.2) is 0 Å². The van der Waals surface area contributed by atoms with Gasteiger partial charge in [-0.15, -0.1) is 0 Å². The van der Waals surface area contributed by atoms with Crippen molar-refractivity contribution in [3.05, 3.63) is 0 Å². The molecule has 0 heterocycles. The highest BCUT2D eigenvalue weighted by Gasteiger charge is 2.22. The van der Waals surface area contributed by atoms with Crippen molar-refractivity contribution < 1.29 is 29.0 Å². The Morgan fingerprint density at radius 1 is 0.594 bits per heavy atom. The molecule has 1 N–H and O–H groups in total. The van der Waals surface area contributed by atoms with E-state index in [1.807, 2.05) is 13.8 Å². The molecule has 6 nitrogen and oxygen atoms in total. The smallest absolute Gasteiger partial charge is 0.305 e. The number of carboxylic acid groups (broad SMARTS) is 1. The quantitative estimate of drug-likeness (QED) is 0.142. The van der Waals surface area contributed by atoms with Crippen LogP contribution in [0, 0.1) is 5.41 Å². The summed E-state index contributed by atoms with van der Waals surface area (Å²) in [7, 11) is 0. The van der Waals surface area contributed by atoms with Crippen molar-refractivity contribution in [1.82, 2.24) is 0 Å². The van der Waals surface area contributed by atoms with Gasteiger partial charge in [0.2, 0.25) is 0 Å².